The topological polar surface area (TPSA) is 53.7 Å². The molecular formula is C21H21N2O3+. The summed E-state index contributed by atoms with van der Waals surface area (Å²) in [5, 5.41) is 9.26. The summed E-state index contributed by atoms with van der Waals surface area (Å²) in [6.07, 6.45) is 4.06. The maximum Gasteiger partial charge on any atom is 0.343 e. The Balaban J connectivity index is 1.64. The average Bonchev–Trinajstić information content (AvgIpc) is 2.64. The van der Waals surface area contributed by atoms with Gasteiger partial charge in [0.25, 0.3) is 0 Å². The van der Waals surface area contributed by atoms with Crippen LogP contribution in [0.1, 0.15) is 15.9 Å². The molecule has 0 saturated carbocycles. The van der Waals surface area contributed by atoms with E-state index in [0.717, 1.165) is 17.8 Å². The van der Waals surface area contributed by atoms with Gasteiger partial charge in [0, 0.05) is 37.5 Å². The van der Waals surface area contributed by atoms with Crippen LogP contribution in [-0.4, -0.2) is 25.2 Å². The number of carbonyl (C=O) groups is 1. The fraction of sp³-hybridized carbons (Fsp3) is 0.143. The molecule has 5 heteroatoms. The number of carbonyl (C=O) groups excluding carboxylic acids is 1. The van der Waals surface area contributed by atoms with E-state index >= 15 is 0 Å². The zero-order chi connectivity index (χ0) is 18.5. The van der Waals surface area contributed by atoms with Gasteiger partial charge in [-0.2, -0.15) is 0 Å². The van der Waals surface area contributed by atoms with Gasteiger partial charge >= 0.3 is 5.97 Å². The molecule has 2 aromatic carbocycles. The summed E-state index contributed by atoms with van der Waals surface area (Å²) in [4.78, 5) is 14.2. The molecule has 3 aromatic rings. The van der Waals surface area contributed by atoms with Crippen molar-refractivity contribution in [1.82, 2.24) is 0 Å². The highest BCUT2D eigenvalue weighted by molar-refractivity contribution is 5.91. The Morgan fingerprint density at radius 1 is 0.962 bits per heavy atom. The molecule has 1 aromatic heterocycles. The molecule has 0 atom stereocenters. The molecule has 1 N–H and O–H groups in total. The van der Waals surface area contributed by atoms with Gasteiger partial charge in [-0.15, -0.1) is 0 Å². The Labute approximate surface area is 152 Å². The molecule has 0 aliphatic carbocycles. The Hall–Kier alpha value is -3.34. The van der Waals surface area contributed by atoms with Crippen LogP contribution in [0.15, 0.2) is 73.1 Å². The largest absolute Gasteiger partial charge is 0.508 e. The highest BCUT2D eigenvalue weighted by Gasteiger charge is 2.10. The van der Waals surface area contributed by atoms with E-state index in [1.54, 1.807) is 24.3 Å². The van der Waals surface area contributed by atoms with Crippen LogP contribution in [0, 0.1) is 0 Å². The Bertz CT molecular complexity index is 871. The molecule has 3 rings (SSSR count). The first kappa shape index (κ1) is 17.5. The minimum absolute atomic E-state index is 0.130. The number of benzene rings is 2. The van der Waals surface area contributed by atoms with Gasteiger partial charge in [0.05, 0.1) is 5.56 Å². The van der Waals surface area contributed by atoms with Crippen molar-refractivity contribution in [1.29, 1.82) is 0 Å². The summed E-state index contributed by atoms with van der Waals surface area (Å²) < 4.78 is 7.37. The second-order valence-electron chi connectivity index (χ2n) is 6.20. The van der Waals surface area contributed by atoms with Gasteiger partial charge in [-0.1, -0.05) is 12.1 Å². The van der Waals surface area contributed by atoms with Crippen molar-refractivity contribution in [3.8, 4) is 11.5 Å². The first-order chi connectivity index (χ1) is 12.5. The lowest BCUT2D eigenvalue weighted by atomic mass is 10.1. The molecule has 0 unspecified atom stereocenters. The van der Waals surface area contributed by atoms with Crippen LogP contribution in [0.25, 0.3) is 0 Å². The fourth-order valence-electron chi connectivity index (χ4n) is 2.49. The van der Waals surface area contributed by atoms with Crippen LogP contribution >= 0.6 is 0 Å². The van der Waals surface area contributed by atoms with Crippen molar-refractivity contribution in [2.24, 2.45) is 0 Å². The molecule has 132 valence electrons. The third-order valence-electron chi connectivity index (χ3n) is 3.99. The minimum atomic E-state index is -0.426. The van der Waals surface area contributed by atoms with E-state index in [-0.39, 0.29) is 5.75 Å². The summed E-state index contributed by atoms with van der Waals surface area (Å²) in [5.74, 6) is 0.101. The third-order valence-corrected chi connectivity index (χ3v) is 3.99. The van der Waals surface area contributed by atoms with Gasteiger partial charge < -0.3 is 14.7 Å². The molecule has 1 heterocycles. The highest BCUT2D eigenvalue weighted by Crippen LogP contribution is 2.17. The lowest BCUT2D eigenvalue weighted by molar-refractivity contribution is -0.688. The lowest BCUT2D eigenvalue weighted by Gasteiger charge is -2.10. The van der Waals surface area contributed by atoms with Crippen LogP contribution in [0.4, 0.5) is 5.69 Å². The standard InChI is InChI=1S/C21H20N2O3/c1-22(2)18-11-13-23(14-12-18)15-16-3-5-17(6-4-16)21(25)26-20-9-7-19(24)8-10-20/h3-14H,15H2,1-2H3/p+1. The fourth-order valence-corrected chi connectivity index (χ4v) is 2.49. The van der Waals surface area contributed by atoms with E-state index in [2.05, 4.69) is 21.6 Å². The second-order valence-corrected chi connectivity index (χ2v) is 6.20. The number of anilines is 1. The predicted molar refractivity (Wildman–Crippen MR) is 99.6 cm³/mol. The SMILES string of the molecule is CN(C)c1cc[n+](Cc2ccc(C(=O)Oc3ccc(O)cc3)cc2)cc1. The minimum Gasteiger partial charge on any atom is -0.508 e. The first-order valence-corrected chi connectivity index (χ1v) is 8.28. The van der Waals surface area contributed by atoms with Gasteiger partial charge in [0.2, 0.25) is 0 Å². The van der Waals surface area contributed by atoms with Crippen molar-refractivity contribution < 1.29 is 19.2 Å². The maximum absolute atomic E-state index is 12.2. The second kappa shape index (κ2) is 7.70. The summed E-state index contributed by atoms with van der Waals surface area (Å²) in [7, 11) is 4.02. The van der Waals surface area contributed by atoms with Gasteiger partial charge in [-0.3, -0.25) is 0 Å². The van der Waals surface area contributed by atoms with E-state index in [1.807, 2.05) is 38.6 Å². The number of aromatic hydroxyl groups is 1. The molecule has 0 aliphatic rings. The van der Waals surface area contributed by atoms with Gasteiger partial charge in [0.15, 0.2) is 18.9 Å². The van der Waals surface area contributed by atoms with Gasteiger partial charge in [0.1, 0.15) is 11.5 Å². The zero-order valence-electron chi connectivity index (χ0n) is 14.8. The molecular weight excluding hydrogens is 328 g/mol. The lowest BCUT2D eigenvalue weighted by Crippen LogP contribution is -2.33. The molecule has 26 heavy (non-hydrogen) atoms. The van der Waals surface area contributed by atoms with E-state index in [9.17, 15) is 9.90 Å². The van der Waals surface area contributed by atoms with Crippen LogP contribution in [0.5, 0.6) is 11.5 Å². The van der Waals surface area contributed by atoms with Crippen molar-refractivity contribution in [2.45, 2.75) is 6.54 Å². The van der Waals surface area contributed by atoms with E-state index in [4.69, 9.17) is 4.74 Å². The van der Waals surface area contributed by atoms with Crippen LogP contribution in [0.2, 0.25) is 0 Å². The number of aromatic nitrogens is 1. The molecule has 0 radical (unpaired) electrons. The normalized spacial score (nSPS) is 10.4. The number of hydrogen-bond donors (Lipinski definition) is 1. The molecule has 0 amide bonds. The van der Waals surface area contributed by atoms with Gasteiger partial charge in [-0.05, 0) is 36.4 Å². The highest BCUT2D eigenvalue weighted by atomic mass is 16.5. The van der Waals surface area contributed by atoms with Crippen LogP contribution in [-0.2, 0) is 6.54 Å². The Morgan fingerprint density at radius 3 is 2.15 bits per heavy atom. The predicted octanol–water partition coefficient (Wildman–Crippen LogP) is 3.01. The quantitative estimate of drug-likeness (QED) is 0.437. The summed E-state index contributed by atoms with van der Waals surface area (Å²) in [6, 6.07) is 17.5. The number of phenols is 1. The molecule has 5 nitrogen and oxygen atoms in total. The molecule has 0 fully saturated rings. The molecule has 0 spiro atoms. The first-order valence-electron chi connectivity index (χ1n) is 8.28. The monoisotopic (exact) mass is 349 g/mol. The van der Waals surface area contributed by atoms with Crippen molar-refractivity contribution in [3.05, 3.63) is 84.2 Å². The van der Waals surface area contributed by atoms with Crippen molar-refractivity contribution >= 4 is 11.7 Å². The Kier molecular flexibility index (Phi) is 5.17. The van der Waals surface area contributed by atoms with E-state index < -0.39 is 5.97 Å². The number of ether oxygens (including phenoxy) is 1. The van der Waals surface area contributed by atoms with E-state index in [0.29, 0.717) is 11.3 Å². The summed E-state index contributed by atoms with van der Waals surface area (Å²) >= 11 is 0. The molecule has 0 bridgehead atoms. The number of rotatable bonds is 5. The number of phenolic OH excluding ortho intramolecular Hbond substituents is 1. The zero-order valence-corrected chi connectivity index (χ0v) is 14.8. The smallest absolute Gasteiger partial charge is 0.343 e. The van der Waals surface area contributed by atoms with Crippen molar-refractivity contribution in [3.63, 3.8) is 0 Å². The molecule has 0 aliphatic heterocycles. The van der Waals surface area contributed by atoms with E-state index in [1.165, 1.54) is 12.1 Å². The summed E-state index contributed by atoms with van der Waals surface area (Å²) in [6.45, 7) is 0.723. The number of hydrogen-bond acceptors (Lipinski definition) is 4. The number of pyridine rings is 1. The summed E-state index contributed by atoms with van der Waals surface area (Å²) in [5.41, 5.74) is 2.72. The van der Waals surface area contributed by atoms with Crippen molar-refractivity contribution in [2.75, 3.05) is 19.0 Å². The maximum atomic E-state index is 12.2. The van der Waals surface area contributed by atoms with Crippen LogP contribution < -0.4 is 14.2 Å². The Morgan fingerprint density at radius 2 is 1.58 bits per heavy atom. The average molecular weight is 349 g/mol. The number of esters is 1. The van der Waals surface area contributed by atoms with Gasteiger partial charge in [-0.25, -0.2) is 9.36 Å². The van der Waals surface area contributed by atoms with Crippen LogP contribution in [0.3, 0.4) is 0 Å². The molecule has 0 saturated heterocycles. The third kappa shape index (κ3) is 4.39. The number of nitrogens with zero attached hydrogens (tertiary/aromatic N) is 2.